The Bertz CT molecular complexity index is 254. The fraction of sp³-hybridized carbons (Fsp3) is 0.500. The van der Waals surface area contributed by atoms with Gasteiger partial charge in [0.05, 0.1) is 24.7 Å². The molecule has 0 saturated carbocycles. The molecule has 4 nitrogen and oxygen atoms in total. The lowest BCUT2D eigenvalue weighted by Crippen LogP contribution is -2.02. The molecule has 1 aliphatic heterocycles. The van der Waals surface area contributed by atoms with Gasteiger partial charge in [-0.2, -0.15) is 0 Å². The molecule has 0 aromatic carbocycles. The van der Waals surface area contributed by atoms with Gasteiger partial charge in [0.25, 0.3) is 0 Å². The Hall–Kier alpha value is -1.16. The van der Waals surface area contributed by atoms with Crippen LogP contribution in [0.3, 0.4) is 0 Å². The Kier molecular flexibility index (Phi) is 1.91. The van der Waals surface area contributed by atoms with Crippen LogP contribution in [-0.4, -0.2) is 23.2 Å². The lowest BCUT2D eigenvalue weighted by atomic mass is 10.1. The van der Waals surface area contributed by atoms with Gasteiger partial charge in [0.2, 0.25) is 0 Å². The van der Waals surface area contributed by atoms with Gasteiger partial charge in [0, 0.05) is 12.5 Å². The molecule has 0 radical (unpaired) electrons. The molecule has 2 heterocycles. The van der Waals surface area contributed by atoms with Crippen molar-refractivity contribution in [2.45, 2.75) is 12.3 Å². The Balaban J connectivity index is 2.17. The summed E-state index contributed by atoms with van der Waals surface area (Å²) in [7, 11) is 0. The first-order valence-corrected chi connectivity index (χ1v) is 4.01. The predicted molar refractivity (Wildman–Crippen MR) is 44.6 cm³/mol. The molecule has 64 valence electrons. The molecule has 4 heteroatoms. The van der Waals surface area contributed by atoms with E-state index >= 15 is 0 Å². The van der Waals surface area contributed by atoms with Gasteiger partial charge in [-0.1, -0.05) is 0 Å². The maximum Gasteiger partial charge on any atom is 0.141 e. The minimum Gasteiger partial charge on any atom is -0.382 e. The highest BCUT2D eigenvalue weighted by Gasteiger charge is 2.18. The van der Waals surface area contributed by atoms with E-state index in [1.54, 1.807) is 12.4 Å². The largest absolute Gasteiger partial charge is 0.382 e. The fourth-order valence-electron chi connectivity index (χ4n) is 1.33. The summed E-state index contributed by atoms with van der Waals surface area (Å²) in [6, 6.07) is 0. The zero-order chi connectivity index (χ0) is 8.39. The number of rotatable bonds is 1. The zero-order valence-electron chi connectivity index (χ0n) is 6.73. The number of hydrogen-bond donors (Lipinski definition) is 1. The van der Waals surface area contributed by atoms with E-state index in [0.717, 1.165) is 25.3 Å². The first kappa shape index (κ1) is 7.49. The summed E-state index contributed by atoms with van der Waals surface area (Å²) >= 11 is 0. The van der Waals surface area contributed by atoms with Crippen LogP contribution < -0.4 is 5.73 Å². The molecule has 2 rings (SSSR count). The normalized spacial score (nSPS) is 22.8. The third kappa shape index (κ3) is 1.38. The topological polar surface area (TPSA) is 61.0 Å². The van der Waals surface area contributed by atoms with Gasteiger partial charge >= 0.3 is 0 Å². The van der Waals surface area contributed by atoms with E-state index in [1.807, 2.05) is 0 Å². The lowest BCUT2D eigenvalue weighted by molar-refractivity contribution is 0.193. The molecule has 1 unspecified atom stereocenters. The lowest BCUT2D eigenvalue weighted by Gasteiger charge is -2.04. The second kappa shape index (κ2) is 3.06. The summed E-state index contributed by atoms with van der Waals surface area (Å²) in [4.78, 5) is 8.18. The van der Waals surface area contributed by atoms with Crippen LogP contribution in [0.2, 0.25) is 0 Å². The van der Waals surface area contributed by atoms with E-state index in [-0.39, 0.29) is 0 Å². The van der Waals surface area contributed by atoms with Gasteiger partial charge in [-0.15, -0.1) is 0 Å². The van der Waals surface area contributed by atoms with Crippen molar-refractivity contribution in [3.05, 3.63) is 18.1 Å². The van der Waals surface area contributed by atoms with Crippen molar-refractivity contribution in [1.82, 2.24) is 9.97 Å². The van der Waals surface area contributed by atoms with E-state index in [2.05, 4.69) is 9.97 Å². The maximum absolute atomic E-state index is 5.42. The quantitative estimate of drug-likeness (QED) is 0.660. The monoisotopic (exact) mass is 165 g/mol. The molecule has 0 aliphatic carbocycles. The van der Waals surface area contributed by atoms with Crippen molar-refractivity contribution in [3.8, 4) is 0 Å². The summed E-state index contributed by atoms with van der Waals surface area (Å²) in [5.41, 5.74) is 6.41. The highest BCUT2D eigenvalue weighted by atomic mass is 16.5. The number of ether oxygens (including phenoxy) is 1. The molecule has 1 atom stereocenters. The van der Waals surface area contributed by atoms with E-state index in [9.17, 15) is 0 Å². The zero-order valence-corrected chi connectivity index (χ0v) is 6.73. The van der Waals surface area contributed by atoms with Crippen LogP contribution in [0.1, 0.15) is 18.0 Å². The molecule has 1 aliphatic rings. The van der Waals surface area contributed by atoms with E-state index < -0.39 is 0 Å². The third-order valence-corrected chi connectivity index (χ3v) is 2.04. The molecule has 12 heavy (non-hydrogen) atoms. The molecule has 1 aromatic heterocycles. The van der Waals surface area contributed by atoms with Gasteiger partial charge in [-0.3, -0.25) is 4.98 Å². The number of nitrogens with two attached hydrogens (primary N) is 1. The van der Waals surface area contributed by atoms with Crippen LogP contribution in [0.25, 0.3) is 0 Å². The summed E-state index contributed by atoms with van der Waals surface area (Å²) in [6.07, 6.45) is 4.36. The SMILES string of the molecule is Nc1cnc(C2CCOC2)cn1. The molecular weight excluding hydrogens is 154 g/mol. The van der Waals surface area contributed by atoms with Crippen molar-refractivity contribution in [2.75, 3.05) is 18.9 Å². The summed E-state index contributed by atoms with van der Waals surface area (Å²) in [5, 5.41) is 0. The average Bonchev–Trinajstić information content (AvgIpc) is 2.58. The Morgan fingerprint density at radius 2 is 2.33 bits per heavy atom. The van der Waals surface area contributed by atoms with Crippen LogP contribution in [0.15, 0.2) is 12.4 Å². The van der Waals surface area contributed by atoms with Crippen molar-refractivity contribution < 1.29 is 4.74 Å². The first-order valence-electron chi connectivity index (χ1n) is 4.01. The van der Waals surface area contributed by atoms with Gasteiger partial charge in [0.1, 0.15) is 5.82 Å². The number of nitrogens with zero attached hydrogens (tertiary/aromatic N) is 2. The van der Waals surface area contributed by atoms with Crippen molar-refractivity contribution in [3.63, 3.8) is 0 Å². The maximum atomic E-state index is 5.42. The van der Waals surface area contributed by atoms with E-state index in [1.165, 1.54) is 0 Å². The Morgan fingerprint density at radius 1 is 1.42 bits per heavy atom. The van der Waals surface area contributed by atoms with Crippen LogP contribution in [0.5, 0.6) is 0 Å². The van der Waals surface area contributed by atoms with Crippen molar-refractivity contribution in [2.24, 2.45) is 0 Å². The second-order valence-electron chi connectivity index (χ2n) is 2.93. The Labute approximate surface area is 70.8 Å². The van der Waals surface area contributed by atoms with Gasteiger partial charge in [0.15, 0.2) is 0 Å². The molecular formula is C8H11N3O. The third-order valence-electron chi connectivity index (χ3n) is 2.04. The number of anilines is 1. The van der Waals surface area contributed by atoms with Crippen LogP contribution in [-0.2, 0) is 4.74 Å². The van der Waals surface area contributed by atoms with Gasteiger partial charge in [-0.25, -0.2) is 4.98 Å². The standard InChI is InChI=1S/C8H11N3O/c9-8-4-10-7(3-11-8)6-1-2-12-5-6/h3-4,6H,1-2,5H2,(H2,9,11). The molecule has 1 aromatic rings. The van der Waals surface area contributed by atoms with E-state index in [0.29, 0.717) is 11.7 Å². The molecule has 1 fully saturated rings. The van der Waals surface area contributed by atoms with Gasteiger partial charge in [-0.05, 0) is 6.42 Å². The molecule has 1 saturated heterocycles. The molecule has 0 spiro atoms. The minimum absolute atomic E-state index is 0.415. The summed E-state index contributed by atoms with van der Waals surface area (Å²) < 4.78 is 5.24. The highest BCUT2D eigenvalue weighted by molar-refractivity contribution is 5.24. The van der Waals surface area contributed by atoms with Crippen LogP contribution >= 0.6 is 0 Å². The number of hydrogen-bond acceptors (Lipinski definition) is 4. The predicted octanol–water partition coefficient (Wildman–Crippen LogP) is 0.563. The first-order chi connectivity index (χ1) is 5.86. The summed E-state index contributed by atoms with van der Waals surface area (Å²) in [6.45, 7) is 1.59. The smallest absolute Gasteiger partial charge is 0.141 e. The van der Waals surface area contributed by atoms with Gasteiger partial charge < -0.3 is 10.5 Å². The second-order valence-corrected chi connectivity index (χ2v) is 2.93. The molecule has 2 N–H and O–H groups in total. The van der Waals surface area contributed by atoms with Crippen LogP contribution in [0, 0.1) is 0 Å². The Morgan fingerprint density at radius 3 is 2.92 bits per heavy atom. The molecule has 0 bridgehead atoms. The fourth-order valence-corrected chi connectivity index (χ4v) is 1.33. The number of aromatic nitrogens is 2. The average molecular weight is 165 g/mol. The summed E-state index contributed by atoms with van der Waals surface area (Å²) in [5.74, 6) is 0.885. The minimum atomic E-state index is 0.415. The van der Waals surface area contributed by atoms with Crippen molar-refractivity contribution in [1.29, 1.82) is 0 Å². The van der Waals surface area contributed by atoms with E-state index in [4.69, 9.17) is 10.5 Å². The highest BCUT2D eigenvalue weighted by Crippen LogP contribution is 2.22. The van der Waals surface area contributed by atoms with Crippen molar-refractivity contribution >= 4 is 5.82 Å². The number of nitrogen functional groups attached to an aromatic ring is 1. The van der Waals surface area contributed by atoms with Crippen LogP contribution in [0.4, 0.5) is 5.82 Å². The molecule has 0 amide bonds.